The van der Waals surface area contributed by atoms with Gasteiger partial charge >= 0.3 is 0 Å². The lowest BCUT2D eigenvalue weighted by Crippen LogP contribution is -2.53. The van der Waals surface area contributed by atoms with Crippen molar-refractivity contribution in [2.24, 2.45) is 5.73 Å². The van der Waals surface area contributed by atoms with Gasteiger partial charge in [0.15, 0.2) is 0 Å². The van der Waals surface area contributed by atoms with E-state index in [0.29, 0.717) is 22.6 Å². The molecule has 2 aromatic carbocycles. The lowest BCUT2D eigenvalue weighted by atomic mass is 9.99. The zero-order chi connectivity index (χ0) is 25.7. The van der Waals surface area contributed by atoms with Gasteiger partial charge in [0.2, 0.25) is 17.7 Å². The largest absolute Gasteiger partial charge is 0.344 e. The van der Waals surface area contributed by atoms with Crippen LogP contribution in [0, 0.1) is 5.82 Å². The highest BCUT2D eigenvalue weighted by Crippen LogP contribution is 2.28. The van der Waals surface area contributed by atoms with Crippen molar-refractivity contribution in [3.05, 3.63) is 89.5 Å². The molecule has 202 valence electrons. The van der Waals surface area contributed by atoms with Crippen LogP contribution in [-0.2, 0) is 33.8 Å². The van der Waals surface area contributed by atoms with Gasteiger partial charge in [-0.05, 0) is 47.9 Å². The monoisotopic (exact) mass is 561 g/mol. The molecule has 2 heterocycles. The number of benzene rings is 2. The van der Waals surface area contributed by atoms with Crippen LogP contribution in [0.1, 0.15) is 30.2 Å². The summed E-state index contributed by atoms with van der Waals surface area (Å²) in [6.07, 6.45) is 2.08. The Kier molecular flexibility index (Phi) is 11.2. The molecule has 8 nitrogen and oxygen atoms in total. The van der Waals surface area contributed by atoms with Crippen molar-refractivity contribution in [3.63, 3.8) is 0 Å². The minimum absolute atomic E-state index is 0. The number of halogens is 3. The first-order valence-electron chi connectivity index (χ1n) is 11.7. The Bertz CT molecular complexity index is 1280. The van der Waals surface area contributed by atoms with Gasteiger partial charge in [0.25, 0.3) is 0 Å². The van der Waals surface area contributed by atoms with Gasteiger partial charge in [0.1, 0.15) is 11.9 Å². The Hall–Kier alpha value is -3.53. The number of amides is 3. The second kappa shape index (κ2) is 13.9. The van der Waals surface area contributed by atoms with E-state index in [2.05, 4.69) is 15.6 Å². The van der Waals surface area contributed by atoms with Crippen LogP contribution in [0.5, 0.6) is 0 Å². The highest BCUT2D eigenvalue weighted by molar-refractivity contribution is 6.01. The zero-order valence-corrected chi connectivity index (χ0v) is 22.4. The topological polar surface area (TPSA) is 117 Å². The van der Waals surface area contributed by atoms with Crippen LogP contribution in [0.4, 0.5) is 15.8 Å². The van der Waals surface area contributed by atoms with Gasteiger partial charge in [-0.3, -0.25) is 19.4 Å². The van der Waals surface area contributed by atoms with Gasteiger partial charge < -0.3 is 21.3 Å². The maximum Gasteiger partial charge on any atom is 0.250 e. The molecule has 0 aliphatic carbocycles. The van der Waals surface area contributed by atoms with Gasteiger partial charge in [-0.25, -0.2) is 4.39 Å². The molecular formula is C27H30Cl2FN5O3. The van der Waals surface area contributed by atoms with E-state index in [4.69, 9.17) is 5.73 Å². The molecule has 0 spiro atoms. The first kappa shape index (κ1) is 30.7. The number of carbonyl (C=O) groups is 3. The van der Waals surface area contributed by atoms with Crippen LogP contribution >= 0.6 is 24.8 Å². The predicted molar refractivity (Wildman–Crippen MR) is 149 cm³/mol. The molecule has 0 radical (unpaired) electrons. The number of hydrogen-bond acceptors (Lipinski definition) is 5. The van der Waals surface area contributed by atoms with Crippen molar-refractivity contribution in [1.29, 1.82) is 0 Å². The quantitative estimate of drug-likeness (QED) is 0.388. The Balaban J connectivity index is 0.00000253. The second-order valence-corrected chi connectivity index (χ2v) is 8.86. The van der Waals surface area contributed by atoms with Gasteiger partial charge in [0.05, 0.1) is 17.9 Å². The average molecular weight is 562 g/mol. The third kappa shape index (κ3) is 7.74. The fourth-order valence-electron chi connectivity index (χ4n) is 4.29. The third-order valence-electron chi connectivity index (χ3n) is 5.96. The summed E-state index contributed by atoms with van der Waals surface area (Å²) in [6, 6.07) is 15.7. The Morgan fingerprint density at radius 2 is 1.82 bits per heavy atom. The van der Waals surface area contributed by atoms with Crippen LogP contribution in [0.15, 0.2) is 66.9 Å². The summed E-state index contributed by atoms with van der Waals surface area (Å²) in [5.74, 6) is -1.16. The van der Waals surface area contributed by atoms with E-state index in [1.807, 2.05) is 18.2 Å². The van der Waals surface area contributed by atoms with E-state index in [1.54, 1.807) is 47.5 Å². The molecule has 0 saturated carbocycles. The van der Waals surface area contributed by atoms with Crippen LogP contribution in [0.3, 0.4) is 0 Å². The van der Waals surface area contributed by atoms with E-state index in [9.17, 15) is 18.8 Å². The standard InChI is InChI=1S/C27H28FN5O3.2ClH/c1-17(34)31-21-10-8-18(9-11-21)16-33-25-7-4-12-30-23(25)15-24(27(33)36)32-26(35)14-20(29)13-19-5-2-3-6-22(19)28;;/h2-12,20,24H,13-16,29H2,1H3,(H,31,34)(H,32,35);2*1H/t20-,24?;;/m1../s1. The predicted octanol–water partition coefficient (Wildman–Crippen LogP) is 3.56. The molecule has 2 atom stereocenters. The number of anilines is 2. The van der Waals surface area contributed by atoms with Crippen molar-refractivity contribution in [1.82, 2.24) is 10.3 Å². The van der Waals surface area contributed by atoms with Crippen LogP contribution in [-0.4, -0.2) is 34.8 Å². The molecule has 1 unspecified atom stereocenters. The summed E-state index contributed by atoms with van der Waals surface area (Å²) in [5.41, 5.74) is 9.45. The molecule has 0 bridgehead atoms. The lowest BCUT2D eigenvalue weighted by Gasteiger charge is -2.34. The van der Waals surface area contributed by atoms with Crippen LogP contribution < -0.4 is 21.3 Å². The van der Waals surface area contributed by atoms with Crippen LogP contribution in [0.25, 0.3) is 0 Å². The molecule has 3 amide bonds. The molecule has 1 aromatic heterocycles. The van der Waals surface area contributed by atoms with E-state index in [1.165, 1.54) is 13.0 Å². The summed E-state index contributed by atoms with van der Waals surface area (Å²) in [7, 11) is 0. The molecule has 0 saturated heterocycles. The van der Waals surface area contributed by atoms with Gasteiger partial charge in [-0.2, -0.15) is 0 Å². The molecule has 4 N–H and O–H groups in total. The SMILES string of the molecule is CC(=O)Nc1ccc(CN2C(=O)C(NC(=O)C[C@H](N)Cc3ccccc3F)Cc3ncccc32)cc1.Cl.Cl. The maximum absolute atomic E-state index is 13.9. The van der Waals surface area contributed by atoms with Gasteiger partial charge in [0, 0.05) is 37.7 Å². The number of rotatable bonds is 8. The third-order valence-corrected chi connectivity index (χ3v) is 5.96. The number of pyridine rings is 1. The maximum atomic E-state index is 13.9. The fourth-order valence-corrected chi connectivity index (χ4v) is 4.29. The Morgan fingerprint density at radius 1 is 1.11 bits per heavy atom. The average Bonchev–Trinajstić information content (AvgIpc) is 2.84. The molecule has 3 aromatic rings. The van der Waals surface area contributed by atoms with Crippen molar-refractivity contribution < 1.29 is 18.8 Å². The first-order chi connectivity index (χ1) is 17.3. The van der Waals surface area contributed by atoms with Crippen LogP contribution in [0.2, 0.25) is 0 Å². The smallest absolute Gasteiger partial charge is 0.250 e. The number of carbonyl (C=O) groups excluding carboxylic acids is 3. The molecule has 11 heteroatoms. The molecule has 0 fully saturated rings. The minimum atomic E-state index is -0.792. The summed E-state index contributed by atoms with van der Waals surface area (Å²) >= 11 is 0. The Labute approximate surface area is 233 Å². The normalized spacial score (nSPS) is 14.9. The molecule has 1 aliphatic heterocycles. The highest BCUT2D eigenvalue weighted by Gasteiger charge is 2.34. The van der Waals surface area contributed by atoms with Gasteiger partial charge in [-0.15, -0.1) is 24.8 Å². The summed E-state index contributed by atoms with van der Waals surface area (Å²) in [5, 5.41) is 5.51. The van der Waals surface area contributed by atoms with Crippen molar-refractivity contribution in [2.75, 3.05) is 10.2 Å². The zero-order valence-electron chi connectivity index (χ0n) is 20.7. The van der Waals surface area contributed by atoms with E-state index in [0.717, 1.165) is 5.56 Å². The number of aromatic nitrogens is 1. The fraction of sp³-hybridized carbons (Fsp3) is 0.259. The first-order valence-corrected chi connectivity index (χ1v) is 11.7. The molecule has 4 rings (SSSR count). The summed E-state index contributed by atoms with van der Waals surface area (Å²) < 4.78 is 13.9. The summed E-state index contributed by atoms with van der Waals surface area (Å²) in [6.45, 7) is 1.71. The Morgan fingerprint density at radius 3 is 2.50 bits per heavy atom. The number of hydrogen-bond donors (Lipinski definition) is 3. The van der Waals surface area contributed by atoms with E-state index >= 15 is 0 Å². The number of nitrogens with one attached hydrogen (secondary N) is 2. The van der Waals surface area contributed by atoms with Crippen molar-refractivity contribution in [3.8, 4) is 0 Å². The molecule has 38 heavy (non-hydrogen) atoms. The summed E-state index contributed by atoms with van der Waals surface area (Å²) in [4.78, 5) is 43.4. The van der Waals surface area contributed by atoms with Crippen molar-refractivity contribution >= 4 is 53.9 Å². The minimum Gasteiger partial charge on any atom is -0.344 e. The number of nitrogens with zero attached hydrogens (tertiary/aromatic N) is 2. The van der Waals surface area contributed by atoms with E-state index < -0.39 is 12.1 Å². The number of fused-ring (bicyclic) bond motifs is 1. The highest BCUT2D eigenvalue weighted by atomic mass is 35.5. The number of nitrogens with two attached hydrogens (primary N) is 1. The lowest BCUT2D eigenvalue weighted by molar-refractivity contribution is -0.128. The molecule has 1 aliphatic rings. The second-order valence-electron chi connectivity index (χ2n) is 8.86. The van der Waals surface area contributed by atoms with Gasteiger partial charge in [-0.1, -0.05) is 30.3 Å². The molecular weight excluding hydrogens is 532 g/mol. The van der Waals surface area contributed by atoms with Crippen molar-refractivity contribution in [2.45, 2.75) is 44.8 Å². The van der Waals surface area contributed by atoms with E-state index in [-0.39, 0.29) is 74.2 Å².